The van der Waals surface area contributed by atoms with Gasteiger partial charge in [-0.05, 0) is 32.4 Å². The maximum Gasteiger partial charge on any atom is 0.407 e. The molecule has 114 valence electrons. The van der Waals surface area contributed by atoms with Crippen LogP contribution in [-0.2, 0) is 11.2 Å². The highest BCUT2D eigenvalue weighted by Gasteiger charge is 2.26. The molecule has 0 spiro atoms. The van der Waals surface area contributed by atoms with Gasteiger partial charge in [0.2, 0.25) is 0 Å². The van der Waals surface area contributed by atoms with Gasteiger partial charge in [0.15, 0.2) is 0 Å². The highest BCUT2D eigenvalue weighted by Crippen LogP contribution is 2.31. The van der Waals surface area contributed by atoms with Crippen LogP contribution in [0.4, 0.5) is 9.18 Å². The van der Waals surface area contributed by atoms with Crippen LogP contribution in [0.2, 0.25) is 0 Å². The van der Waals surface area contributed by atoms with Gasteiger partial charge in [0.25, 0.3) is 0 Å². The molecule has 21 heavy (non-hydrogen) atoms. The van der Waals surface area contributed by atoms with E-state index in [1.54, 1.807) is 20.8 Å². The van der Waals surface area contributed by atoms with E-state index < -0.39 is 11.7 Å². The number of nitrogens with one attached hydrogen (secondary N) is 1. The molecule has 2 rings (SSSR count). The lowest BCUT2D eigenvalue weighted by Gasteiger charge is -2.20. The molecule has 0 radical (unpaired) electrons. The molecule has 1 atom stereocenters. The first-order valence-corrected chi connectivity index (χ1v) is 6.89. The van der Waals surface area contributed by atoms with Gasteiger partial charge in [-0.1, -0.05) is 18.2 Å². The Kier molecular flexibility index (Phi) is 4.50. The van der Waals surface area contributed by atoms with Crippen LogP contribution in [-0.4, -0.2) is 24.3 Å². The summed E-state index contributed by atoms with van der Waals surface area (Å²) in [6, 6.07) is 7.60. The molecule has 1 heterocycles. The minimum atomic E-state index is -0.580. The molecule has 0 bridgehead atoms. The van der Waals surface area contributed by atoms with Crippen LogP contribution in [0.15, 0.2) is 36.2 Å². The molecule has 1 N–H and O–H groups in total. The van der Waals surface area contributed by atoms with E-state index in [0.29, 0.717) is 18.3 Å². The van der Waals surface area contributed by atoms with Gasteiger partial charge in [0.1, 0.15) is 17.5 Å². The van der Waals surface area contributed by atoms with Crippen LogP contribution in [0.25, 0.3) is 0 Å². The molecule has 0 aliphatic carbocycles. The first kappa shape index (κ1) is 15.4. The molecule has 0 saturated carbocycles. The quantitative estimate of drug-likeness (QED) is 0.929. The second-order valence-electron chi connectivity index (χ2n) is 5.96. The maximum absolute atomic E-state index is 13.1. The van der Waals surface area contributed by atoms with Crippen molar-refractivity contribution in [1.82, 2.24) is 5.32 Å². The fourth-order valence-electron chi connectivity index (χ4n) is 2.10. The van der Waals surface area contributed by atoms with Crippen LogP contribution in [0.1, 0.15) is 26.3 Å². The van der Waals surface area contributed by atoms with Gasteiger partial charge in [-0.25, -0.2) is 9.18 Å². The van der Waals surface area contributed by atoms with E-state index in [1.165, 1.54) is 0 Å². The third-order valence-electron chi connectivity index (χ3n) is 3.04. The SMILES string of the molecule is CC(C)(C)OC(=O)NC/C(=C\F)[C@H]1Cc2ccccc2O1. The molecule has 1 aromatic rings. The number of carbonyl (C=O) groups is 1. The smallest absolute Gasteiger partial charge is 0.407 e. The Morgan fingerprint density at radius 2 is 2.19 bits per heavy atom. The number of rotatable bonds is 3. The molecule has 1 amide bonds. The number of para-hydroxylation sites is 1. The lowest BCUT2D eigenvalue weighted by Crippen LogP contribution is -2.35. The van der Waals surface area contributed by atoms with Crippen molar-refractivity contribution < 1.29 is 18.7 Å². The summed E-state index contributed by atoms with van der Waals surface area (Å²) in [5.41, 5.74) is 0.847. The zero-order chi connectivity index (χ0) is 15.5. The van der Waals surface area contributed by atoms with Crippen molar-refractivity contribution >= 4 is 6.09 Å². The zero-order valence-corrected chi connectivity index (χ0v) is 12.5. The third kappa shape index (κ3) is 4.21. The van der Waals surface area contributed by atoms with Crippen molar-refractivity contribution in [1.29, 1.82) is 0 Å². The van der Waals surface area contributed by atoms with Gasteiger partial charge in [-0.2, -0.15) is 0 Å². The third-order valence-corrected chi connectivity index (χ3v) is 3.04. The summed E-state index contributed by atoms with van der Waals surface area (Å²) < 4.78 is 23.9. The normalized spacial score (nSPS) is 17.9. The molecule has 0 fully saturated rings. The van der Waals surface area contributed by atoms with E-state index in [1.807, 2.05) is 24.3 Å². The first-order valence-electron chi connectivity index (χ1n) is 6.89. The van der Waals surface area contributed by atoms with Crippen molar-refractivity contribution in [2.75, 3.05) is 6.54 Å². The average molecular weight is 293 g/mol. The summed E-state index contributed by atoms with van der Waals surface area (Å²) in [4.78, 5) is 11.6. The fraction of sp³-hybridized carbons (Fsp3) is 0.438. The van der Waals surface area contributed by atoms with Crippen molar-refractivity contribution in [3.63, 3.8) is 0 Å². The molecule has 1 aliphatic rings. The number of alkyl carbamates (subject to hydrolysis) is 1. The number of hydrogen-bond donors (Lipinski definition) is 1. The van der Waals surface area contributed by atoms with E-state index in [-0.39, 0.29) is 12.6 Å². The molecule has 0 saturated heterocycles. The summed E-state index contributed by atoms with van der Waals surface area (Å²) in [5, 5.41) is 2.54. The highest BCUT2D eigenvalue weighted by atomic mass is 19.1. The Bertz CT molecular complexity index is 524. The largest absolute Gasteiger partial charge is 0.485 e. The fourth-order valence-corrected chi connectivity index (χ4v) is 2.10. The van der Waals surface area contributed by atoms with E-state index in [4.69, 9.17) is 9.47 Å². The topological polar surface area (TPSA) is 47.6 Å². The van der Waals surface area contributed by atoms with Crippen LogP contribution >= 0.6 is 0 Å². The monoisotopic (exact) mass is 293 g/mol. The average Bonchev–Trinajstić information content (AvgIpc) is 2.80. The van der Waals surface area contributed by atoms with Gasteiger partial charge in [-0.3, -0.25) is 0 Å². The molecule has 1 aromatic carbocycles. The summed E-state index contributed by atoms with van der Waals surface area (Å²) in [5.74, 6) is 0.763. The summed E-state index contributed by atoms with van der Waals surface area (Å²) >= 11 is 0. The number of benzene rings is 1. The maximum atomic E-state index is 13.1. The van der Waals surface area contributed by atoms with Crippen molar-refractivity contribution in [2.24, 2.45) is 0 Å². The number of hydrogen-bond acceptors (Lipinski definition) is 3. The van der Waals surface area contributed by atoms with Crippen LogP contribution in [0.5, 0.6) is 5.75 Å². The predicted octanol–water partition coefficient (Wildman–Crippen LogP) is 3.37. The number of amides is 1. The molecule has 0 aromatic heterocycles. The Balaban J connectivity index is 1.90. The van der Waals surface area contributed by atoms with Crippen LogP contribution < -0.4 is 10.1 Å². The standard InChI is InChI=1S/C16H20FNO3/c1-16(2,3)21-15(19)18-10-12(9-17)14-8-11-6-4-5-7-13(11)20-14/h4-7,9,14H,8,10H2,1-3H3,(H,18,19)/b12-9+/t14-/m1/s1. The Labute approximate surface area is 123 Å². The molecular weight excluding hydrogens is 273 g/mol. The zero-order valence-electron chi connectivity index (χ0n) is 12.5. The van der Waals surface area contributed by atoms with E-state index in [2.05, 4.69) is 5.32 Å². The van der Waals surface area contributed by atoms with E-state index >= 15 is 0 Å². The van der Waals surface area contributed by atoms with Crippen molar-refractivity contribution in [2.45, 2.75) is 38.9 Å². The summed E-state index contributed by atoms with van der Waals surface area (Å²) in [6.45, 7) is 5.38. The Morgan fingerprint density at radius 3 is 2.81 bits per heavy atom. The van der Waals surface area contributed by atoms with Gasteiger partial charge in [0, 0.05) is 18.5 Å². The van der Waals surface area contributed by atoms with Crippen LogP contribution in [0.3, 0.4) is 0 Å². The number of carbonyl (C=O) groups excluding carboxylic acids is 1. The van der Waals surface area contributed by atoms with Gasteiger partial charge >= 0.3 is 6.09 Å². The summed E-state index contributed by atoms with van der Waals surface area (Å²) in [7, 11) is 0. The molecule has 4 nitrogen and oxygen atoms in total. The number of fused-ring (bicyclic) bond motifs is 1. The Hall–Kier alpha value is -2.04. The number of halogens is 1. The lowest BCUT2D eigenvalue weighted by molar-refractivity contribution is 0.0530. The predicted molar refractivity (Wildman–Crippen MR) is 78.0 cm³/mol. The second kappa shape index (κ2) is 6.16. The van der Waals surface area contributed by atoms with E-state index in [0.717, 1.165) is 11.3 Å². The molecule has 5 heteroatoms. The highest BCUT2D eigenvalue weighted by molar-refractivity contribution is 5.68. The second-order valence-corrected chi connectivity index (χ2v) is 5.96. The minimum Gasteiger partial charge on any atom is -0.485 e. The molecular formula is C16H20FNO3. The van der Waals surface area contributed by atoms with Crippen LogP contribution in [0, 0.1) is 0 Å². The van der Waals surface area contributed by atoms with Crippen molar-refractivity contribution in [3.05, 3.63) is 41.7 Å². The van der Waals surface area contributed by atoms with Gasteiger partial charge in [-0.15, -0.1) is 0 Å². The molecule has 1 aliphatic heterocycles. The van der Waals surface area contributed by atoms with E-state index in [9.17, 15) is 9.18 Å². The van der Waals surface area contributed by atoms with Crippen molar-refractivity contribution in [3.8, 4) is 5.75 Å². The lowest BCUT2D eigenvalue weighted by atomic mass is 10.0. The van der Waals surface area contributed by atoms with Gasteiger partial charge in [0.05, 0.1) is 6.33 Å². The van der Waals surface area contributed by atoms with Gasteiger partial charge < -0.3 is 14.8 Å². The number of ether oxygens (including phenoxy) is 2. The minimum absolute atomic E-state index is 0.0596. The molecule has 0 unspecified atom stereocenters. The summed E-state index contributed by atoms with van der Waals surface area (Å²) in [6.07, 6.45) is 0.134. The Morgan fingerprint density at radius 1 is 1.48 bits per heavy atom. The first-order chi connectivity index (χ1) is 9.89.